The third-order valence-corrected chi connectivity index (χ3v) is 7.91. The fraction of sp³-hybridized carbons (Fsp3) is 0.435. The second kappa shape index (κ2) is 9.38. The molecule has 2 heterocycles. The van der Waals surface area contributed by atoms with Crippen LogP contribution in [0.15, 0.2) is 54.6 Å². The molecule has 166 valence electrons. The summed E-state index contributed by atoms with van der Waals surface area (Å²) in [6, 6.07) is 16.8. The molecule has 1 atom stereocenters. The molecule has 7 nitrogen and oxygen atoms in total. The van der Waals surface area contributed by atoms with Crippen LogP contribution in [0, 0.1) is 0 Å². The summed E-state index contributed by atoms with van der Waals surface area (Å²) < 4.78 is 25.9. The van der Waals surface area contributed by atoms with E-state index in [4.69, 9.17) is 0 Å². The van der Waals surface area contributed by atoms with Crippen LogP contribution < -0.4 is 9.62 Å². The van der Waals surface area contributed by atoms with Gasteiger partial charge in [0.15, 0.2) is 0 Å². The summed E-state index contributed by atoms with van der Waals surface area (Å²) in [6.45, 7) is 5.17. The third kappa shape index (κ3) is 5.26. The fourth-order valence-electron chi connectivity index (χ4n) is 4.18. The van der Waals surface area contributed by atoms with Gasteiger partial charge in [-0.2, -0.15) is 0 Å². The molecule has 0 radical (unpaired) electrons. The Morgan fingerprint density at radius 2 is 1.74 bits per heavy atom. The zero-order valence-electron chi connectivity index (χ0n) is 17.9. The lowest BCUT2D eigenvalue weighted by atomic mass is 10.0. The van der Waals surface area contributed by atoms with E-state index in [9.17, 15) is 13.2 Å². The number of piperazine rings is 1. The topological polar surface area (TPSA) is 73.0 Å². The number of amides is 1. The second-order valence-electron chi connectivity index (χ2n) is 8.33. The first-order valence-corrected chi connectivity index (χ1v) is 12.4. The summed E-state index contributed by atoms with van der Waals surface area (Å²) in [5.41, 5.74) is 2.09. The monoisotopic (exact) mass is 442 g/mol. The van der Waals surface area contributed by atoms with Gasteiger partial charge in [-0.25, -0.2) is 8.42 Å². The van der Waals surface area contributed by atoms with E-state index in [-0.39, 0.29) is 17.7 Å². The van der Waals surface area contributed by atoms with Crippen LogP contribution in [0.25, 0.3) is 0 Å². The number of hydrogen-bond donors (Lipinski definition) is 1. The quantitative estimate of drug-likeness (QED) is 0.740. The number of carbonyl (C=O) groups is 1. The Balaban J connectivity index is 1.51. The average Bonchev–Trinajstić information content (AvgIpc) is 3.14. The van der Waals surface area contributed by atoms with Crippen LogP contribution >= 0.6 is 0 Å². The van der Waals surface area contributed by atoms with Gasteiger partial charge in [0, 0.05) is 44.8 Å². The van der Waals surface area contributed by atoms with Crippen molar-refractivity contribution in [1.82, 2.24) is 15.1 Å². The molecular formula is C23H30N4O3S. The van der Waals surface area contributed by atoms with Gasteiger partial charge in [-0.05, 0) is 37.2 Å². The van der Waals surface area contributed by atoms with Crippen molar-refractivity contribution in [3.05, 3.63) is 65.7 Å². The second-order valence-corrected chi connectivity index (χ2v) is 10.3. The molecule has 0 aliphatic carbocycles. The van der Waals surface area contributed by atoms with Crippen LogP contribution in [0.1, 0.15) is 28.4 Å². The van der Waals surface area contributed by atoms with Crippen LogP contribution in [0.5, 0.6) is 0 Å². The summed E-state index contributed by atoms with van der Waals surface area (Å²) in [6.07, 6.45) is 0.611. The summed E-state index contributed by atoms with van der Waals surface area (Å²) >= 11 is 0. The Kier molecular flexibility index (Phi) is 6.60. The highest BCUT2D eigenvalue weighted by molar-refractivity contribution is 7.93. The maximum absolute atomic E-state index is 13.1. The molecule has 8 heteroatoms. The molecule has 0 bridgehead atoms. The molecule has 0 aromatic heterocycles. The number of carbonyl (C=O) groups excluding carboxylic acids is 1. The van der Waals surface area contributed by atoms with Gasteiger partial charge in [-0.15, -0.1) is 0 Å². The molecule has 31 heavy (non-hydrogen) atoms. The highest BCUT2D eigenvalue weighted by Gasteiger charge is 2.29. The predicted octanol–water partition coefficient (Wildman–Crippen LogP) is 1.94. The smallest absolute Gasteiger partial charge is 0.251 e. The van der Waals surface area contributed by atoms with Gasteiger partial charge in [0.25, 0.3) is 5.91 Å². The zero-order chi connectivity index (χ0) is 21.8. The maximum atomic E-state index is 13.1. The molecule has 4 rings (SSSR count). The molecule has 2 fully saturated rings. The molecule has 2 aliphatic rings. The first-order chi connectivity index (χ1) is 14.9. The summed E-state index contributed by atoms with van der Waals surface area (Å²) in [5.74, 6) is -0.0359. The van der Waals surface area contributed by atoms with Crippen LogP contribution in [0.2, 0.25) is 0 Å². The fourth-order valence-corrected chi connectivity index (χ4v) is 5.74. The van der Waals surface area contributed by atoms with Crippen molar-refractivity contribution in [3.8, 4) is 0 Å². The van der Waals surface area contributed by atoms with Gasteiger partial charge in [-0.3, -0.25) is 14.0 Å². The van der Waals surface area contributed by atoms with Crippen molar-refractivity contribution in [3.63, 3.8) is 0 Å². The lowest BCUT2D eigenvalue weighted by molar-refractivity contribution is 0.0907. The number of benzene rings is 2. The number of sulfonamides is 1. The van der Waals surface area contributed by atoms with E-state index in [1.54, 1.807) is 24.3 Å². The molecule has 1 amide bonds. The van der Waals surface area contributed by atoms with E-state index in [1.807, 2.05) is 30.3 Å². The first-order valence-electron chi connectivity index (χ1n) is 10.8. The molecule has 0 saturated carbocycles. The number of hydrogen-bond acceptors (Lipinski definition) is 5. The van der Waals surface area contributed by atoms with Crippen molar-refractivity contribution < 1.29 is 13.2 Å². The Hall–Kier alpha value is -2.42. The number of nitrogens with zero attached hydrogens (tertiary/aromatic N) is 3. The van der Waals surface area contributed by atoms with Crippen LogP contribution in [-0.2, 0) is 10.0 Å². The molecule has 2 saturated heterocycles. The van der Waals surface area contributed by atoms with Crippen molar-refractivity contribution in [1.29, 1.82) is 0 Å². The normalized spacial score (nSPS) is 20.5. The van der Waals surface area contributed by atoms with E-state index in [0.717, 1.165) is 38.3 Å². The molecule has 1 unspecified atom stereocenters. The Morgan fingerprint density at radius 3 is 2.42 bits per heavy atom. The standard InChI is InChI=1S/C23H30N4O3S/c1-25-12-14-26(15-13-25)18-22(19-7-3-2-4-8-19)24-23(28)20-9-5-10-21(17-20)27-11-6-16-31(27,29)30/h2-5,7-10,17,22H,6,11-16,18H2,1H3,(H,24,28). The Labute approximate surface area is 184 Å². The lowest BCUT2D eigenvalue weighted by Crippen LogP contribution is -2.47. The Bertz CT molecular complexity index is 1000. The van der Waals surface area contributed by atoms with E-state index in [2.05, 4.69) is 22.2 Å². The largest absolute Gasteiger partial charge is 0.344 e. The highest BCUT2D eigenvalue weighted by atomic mass is 32.2. The van der Waals surface area contributed by atoms with Gasteiger partial charge in [0.2, 0.25) is 10.0 Å². The molecule has 0 spiro atoms. The first kappa shape index (κ1) is 21.8. The molecule has 2 aromatic carbocycles. The SMILES string of the molecule is CN1CCN(CC(NC(=O)c2cccc(N3CCCS3(=O)=O)c2)c2ccccc2)CC1. The van der Waals surface area contributed by atoms with Crippen molar-refractivity contribution in [2.75, 3.05) is 56.4 Å². The predicted molar refractivity (Wildman–Crippen MR) is 123 cm³/mol. The lowest BCUT2D eigenvalue weighted by Gasteiger charge is -2.35. The van der Waals surface area contributed by atoms with Gasteiger partial charge in [0.1, 0.15) is 0 Å². The van der Waals surface area contributed by atoms with E-state index in [0.29, 0.717) is 24.2 Å². The van der Waals surface area contributed by atoms with Gasteiger partial charge in [-0.1, -0.05) is 36.4 Å². The summed E-state index contributed by atoms with van der Waals surface area (Å²) in [5, 5.41) is 3.18. The van der Waals surface area contributed by atoms with Crippen molar-refractivity contribution >= 4 is 21.6 Å². The number of likely N-dealkylation sites (N-methyl/N-ethyl adjacent to an activating group) is 1. The van der Waals surface area contributed by atoms with Gasteiger partial charge < -0.3 is 10.2 Å². The van der Waals surface area contributed by atoms with Crippen LogP contribution in [0.3, 0.4) is 0 Å². The van der Waals surface area contributed by atoms with Gasteiger partial charge in [0.05, 0.1) is 17.5 Å². The zero-order valence-corrected chi connectivity index (χ0v) is 18.7. The highest BCUT2D eigenvalue weighted by Crippen LogP contribution is 2.25. The number of anilines is 1. The number of nitrogens with one attached hydrogen (secondary N) is 1. The van der Waals surface area contributed by atoms with Crippen LogP contribution in [0.4, 0.5) is 5.69 Å². The minimum Gasteiger partial charge on any atom is -0.344 e. The Morgan fingerprint density at radius 1 is 1.00 bits per heavy atom. The molecule has 1 N–H and O–H groups in total. The average molecular weight is 443 g/mol. The summed E-state index contributed by atoms with van der Waals surface area (Å²) in [7, 11) is -1.16. The molecule has 2 aliphatic heterocycles. The van der Waals surface area contributed by atoms with E-state index >= 15 is 0 Å². The van der Waals surface area contributed by atoms with Gasteiger partial charge >= 0.3 is 0 Å². The van der Waals surface area contributed by atoms with Crippen molar-refractivity contribution in [2.45, 2.75) is 12.5 Å². The van der Waals surface area contributed by atoms with Crippen molar-refractivity contribution in [2.24, 2.45) is 0 Å². The minimum atomic E-state index is -3.28. The number of rotatable bonds is 6. The van der Waals surface area contributed by atoms with E-state index < -0.39 is 10.0 Å². The summed E-state index contributed by atoms with van der Waals surface area (Å²) in [4.78, 5) is 17.8. The van der Waals surface area contributed by atoms with E-state index in [1.165, 1.54) is 4.31 Å². The molecule has 2 aromatic rings. The minimum absolute atomic E-state index is 0.142. The molecular weight excluding hydrogens is 412 g/mol. The third-order valence-electron chi connectivity index (χ3n) is 6.04. The van der Waals surface area contributed by atoms with Crippen LogP contribution in [-0.4, -0.2) is 76.2 Å². The maximum Gasteiger partial charge on any atom is 0.251 e.